The Morgan fingerprint density at radius 3 is 2.38 bits per heavy atom. The molecule has 1 aliphatic heterocycles. The summed E-state index contributed by atoms with van der Waals surface area (Å²) in [6.07, 6.45) is -1.65. The zero-order valence-corrected chi connectivity index (χ0v) is 27.5. The Bertz CT molecular complexity index is 1600. The number of halogens is 3. The number of carbonyl (C=O) groups is 3. The lowest BCUT2D eigenvalue weighted by Crippen LogP contribution is -2.41. The number of nitrogens with zero attached hydrogens (tertiary/aromatic N) is 3. The smallest absolute Gasteiger partial charge is 0.493 e. The molecule has 3 amide bonds. The van der Waals surface area contributed by atoms with Gasteiger partial charge >= 0.3 is 12.5 Å². The number of anilines is 1. The van der Waals surface area contributed by atoms with Crippen molar-refractivity contribution < 1.29 is 46.5 Å². The Hall–Kier alpha value is -4.95. The van der Waals surface area contributed by atoms with Crippen molar-refractivity contribution in [3.05, 3.63) is 65.5 Å². The van der Waals surface area contributed by atoms with Crippen molar-refractivity contribution in [2.45, 2.75) is 71.0 Å². The molecule has 0 spiro atoms. The van der Waals surface area contributed by atoms with Crippen LogP contribution < -0.4 is 29.7 Å². The molecule has 1 aromatic heterocycles. The van der Waals surface area contributed by atoms with E-state index >= 15 is 0 Å². The molecule has 1 unspecified atom stereocenters. The maximum Gasteiger partial charge on any atom is 0.573 e. The minimum absolute atomic E-state index is 0.188. The van der Waals surface area contributed by atoms with Gasteiger partial charge in [-0.25, -0.2) is 4.79 Å². The average molecular weight is 676 g/mol. The Morgan fingerprint density at radius 1 is 0.958 bits per heavy atom. The third-order valence-corrected chi connectivity index (χ3v) is 7.38. The zero-order valence-electron chi connectivity index (χ0n) is 27.5. The summed E-state index contributed by atoms with van der Waals surface area (Å²) in [4.78, 5) is 40.6. The number of amides is 3. The van der Waals surface area contributed by atoms with E-state index in [2.05, 4.69) is 20.5 Å². The first-order valence-corrected chi connectivity index (χ1v) is 15.4. The number of fused-ring (bicyclic) bond motifs is 1. The molecule has 4 rings (SSSR count). The third-order valence-electron chi connectivity index (χ3n) is 7.38. The molecular formula is C33H40F3N5O7. The molecule has 0 saturated heterocycles. The summed E-state index contributed by atoms with van der Waals surface area (Å²) in [6, 6.07) is 9.23. The molecule has 12 nitrogen and oxygen atoms in total. The first kappa shape index (κ1) is 35.9. The van der Waals surface area contributed by atoms with Gasteiger partial charge in [0.05, 0.1) is 43.4 Å². The van der Waals surface area contributed by atoms with Gasteiger partial charge < -0.3 is 34.5 Å². The van der Waals surface area contributed by atoms with Gasteiger partial charge in [-0.15, -0.1) is 13.2 Å². The molecule has 15 heteroatoms. The quantitative estimate of drug-likeness (QED) is 0.223. The number of alkyl carbamates (subject to hydrolysis) is 1. The molecule has 0 aliphatic carbocycles. The molecule has 1 aliphatic rings. The number of carbonyl (C=O) groups excluding carboxylic acids is 3. The van der Waals surface area contributed by atoms with Gasteiger partial charge in [0.15, 0.2) is 11.5 Å². The van der Waals surface area contributed by atoms with Crippen LogP contribution in [0, 0.1) is 0 Å². The van der Waals surface area contributed by atoms with Gasteiger partial charge in [0, 0.05) is 25.2 Å². The number of para-hydroxylation sites is 1. The summed E-state index contributed by atoms with van der Waals surface area (Å²) in [5.41, 5.74) is 0.438. The molecule has 2 aromatic carbocycles. The Morgan fingerprint density at radius 2 is 1.69 bits per heavy atom. The van der Waals surface area contributed by atoms with Gasteiger partial charge in [0.25, 0.3) is 11.8 Å². The SMILES string of the molecule is COc1ccc(C(=O)N2CCC(NC(=O)c3ccccc3OC(F)(F)F)c3c2cnn3CCCCCNC(=O)OC(C)(C)C)cc1OC. The number of nitrogens with one attached hydrogen (secondary N) is 2. The van der Waals surface area contributed by atoms with Crippen molar-refractivity contribution in [3.8, 4) is 17.2 Å². The summed E-state index contributed by atoms with van der Waals surface area (Å²) >= 11 is 0. The summed E-state index contributed by atoms with van der Waals surface area (Å²) in [5, 5.41) is 10.1. The summed E-state index contributed by atoms with van der Waals surface area (Å²) < 4.78 is 60.9. The van der Waals surface area contributed by atoms with Crippen LogP contribution >= 0.6 is 0 Å². The standard InChI is InChI=1S/C33H40F3N5O7/c1-32(2,3)48-31(44)37-16-9-6-10-17-41-28-23(39-29(42)22-11-7-8-12-25(22)47-33(34,35)36)15-18-40(24(28)20-38-41)30(43)21-13-14-26(45-4)27(19-21)46-5/h7-8,11-14,19-20,23H,6,9-10,15-18H2,1-5H3,(H,37,44)(H,39,42). The predicted octanol–water partition coefficient (Wildman–Crippen LogP) is 6.02. The number of ether oxygens (including phenoxy) is 4. The molecular weight excluding hydrogens is 635 g/mol. The monoisotopic (exact) mass is 675 g/mol. The number of aryl methyl sites for hydroxylation is 1. The molecule has 3 aromatic rings. The number of alkyl halides is 3. The second-order valence-corrected chi connectivity index (χ2v) is 12.0. The van der Waals surface area contributed by atoms with Crippen LogP contribution in [-0.4, -0.2) is 67.0 Å². The maximum atomic E-state index is 13.8. The number of benzene rings is 2. The molecule has 48 heavy (non-hydrogen) atoms. The minimum atomic E-state index is -4.99. The average Bonchev–Trinajstić information content (AvgIpc) is 3.45. The van der Waals surface area contributed by atoms with Crippen LogP contribution in [0.5, 0.6) is 17.2 Å². The van der Waals surface area contributed by atoms with Crippen LogP contribution in [0.15, 0.2) is 48.7 Å². The lowest BCUT2D eigenvalue weighted by molar-refractivity contribution is -0.274. The first-order chi connectivity index (χ1) is 22.7. The Labute approximate surface area is 276 Å². The van der Waals surface area contributed by atoms with Crippen molar-refractivity contribution in [1.82, 2.24) is 20.4 Å². The highest BCUT2D eigenvalue weighted by Crippen LogP contribution is 2.37. The van der Waals surface area contributed by atoms with Crippen molar-refractivity contribution in [2.75, 3.05) is 32.2 Å². The molecule has 1 atom stereocenters. The lowest BCUT2D eigenvalue weighted by atomic mass is 10.0. The topological polar surface area (TPSA) is 133 Å². The van der Waals surface area contributed by atoms with E-state index in [4.69, 9.17) is 14.2 Å². The van der Waals surface area contributed by atoms with E-state index in [0.717, 1.165) is 12.5 Å². The number of rotatable bonds is 12. The van der Waals surface area contributed by atoms with E-state index < -0.39 is 35.8 Å². The van der Waals surface area contributed by atoms with E-state index in [1.165, 1.54) is 38.6 Å². The zero-order chi connectivity index (χ0) is 35.1. The molecule has 0 bridgehead atoms. The Balaban J connectivity index is 1.54. The fourth-order valence-corrected chi connectivity index (χ4v) is 5.29. The van der Waals surface area contributed by atoms with Crippen LogP contribution in [0.4, 0.5) is 23.7 Å². The number of hydrogen-bond donors (Lipinski definition) is 2. The Kier molecular flexibility index (Phi) is 11.4. The highest BCUT2D eigenvalue weighted by atomic mass is 19.4. The fraction of sp³-hybridized carbons (Fsp3) is 0.455. The first-order valence-electron chi connectivity index (χ1n) is 15.4. The van der Waals surface area contributed by atoms with Gasteiger partial charge in [-0.3, -0.25) is 14.3 Å². The van der Waals surface area contributed by atoms with E-state index in [-0.39, 0.29) is 24.4 Å². The fourth-order valence-electron chi connectivity index (χ4n) is 5.29. The highest BCUT2D eigenvalue weighted by Gasteiger charge is 2.36. The van der Waals surface area contributed by atoms with Crippen LogP contribution in [0.2, 0.25) is 0 Å². The predicted molar refractivity (Wildman–Crippen MR) is 169 cm³/mol. The number of unbranched alkanes of at least 4 members (excludes halogenated alkanes) is 2. The molecule has 0 radical (unpaired) electrons. The van der Waals surface area contributed by atoms with Crippen LogP contribution in [-0.2, 0) is 11.3 Å². The number of hydrogen-bond acceptors (Lipinski definition) is 8. The largest absolute Gasteiger partial charge is 0.573 e. The van der Waals surface area contributed by atoms with Crippen molar-refractivity contribution in [1.29, 1.82) is 0 Å². The maximum absolute atomic E-state index is 13.8. The van der Waals surface area contributed by atoms with E-state index in [1.54, 1.807) is 48.6 Å². The molecule has 2 N–H and O–H groups in total. The van der Waals surface area contributed by atoms with Crippen molar-refractivity contribution in [3.63, 3.8) is 0 Å². The van der Waals surface area contributed by atoms with E-state index in [1.807, 2.05) is 0 Å². The third kappa shape index (κ3) is 9.32. The van der Waals surface area contributed by atoms with Crippen LogP contribution in [0.1, 0.15) is 78.9 Å². The molecule has 0 saturated carbocycles. The summed E-state index contributed by atoms with van der Waals surface area (Å²) in [5.74, 6) is -0.898. The summed E-state index contributed by atoms with van der Waals surface area (Å²) in [7, 11) is 2.96. The summed E-state index contributed by atoms with van der Waals surface area (Å²) in [6.45, 7) is 6.37. The molecule has 0 fully saturated rings. The highest BCUT2D eigenvalue weighted by molar-refractivity contribution is 6.07. The second kappa shape index (κ2) is 15.3. The number of methoxy groups -OCH3 is 2. The van der Waals surface area contributed by atoms with E-state index in [0.29, 0.717) is 54.4 Å². The molecule has 260 valence electrons. The van der Waals surface area contributed by atoms with Gasteiger partial charge in [-0.1, -0.05) is 12.1 Å². The number of aromatic nitrogens is 2. The molecule has 2 heterocycles. The second-order valence-electron chi connectivity index (χ2n) is 12.0. The van der Waals surface area contributed by atoms with Crippen LogP contribution in [0.3, 0.4) is 0 Å². The van der Waals surface area contributed by atoms with Crippen molar-refractivity contribution >= 4 is 23.6 Å². The van der Waals surface area contributed by atoms with Gasteiger partial charge in [0.1, 0.15) is 11.4 Å². The lowest BCUT2D eigenvalue weighted by Gasteiger charge is -2.33. The van der Waals surface area contributed by atoms with Crippen LogP contribution in [0.25, 0.3) is 0 Å². The van der Waals surface area contributed by atoms with Gasteiger partial charge in [0.2, 0.25) is 0 Å². The van der Waals surface area contributed by atoms with Crippen molar-refractivity contribution in [2.24, 2.45) is 0 Å². The minimum Gasteiger partial charge on any atom is -0.493 e. The van der Waals surface area contributed by atoms with Gasteiger partial charge in [-0.05, 0) is 76.8 Å². The van der Waals surface area contributed by atoms with E-state index in [9.17, 15) is 27.6 Å². The normalized spacial score (nSPS) is 14.5. The van der Waals surface area contributed by atoms with Gasteiger partial charge in [-0.2, -0.15) is 5.10 Å².